The molecule has 0 aliphatic heterocycles. The highest BCUT2D eigenvalue weighted by molar-refractivity contribution is 5.83. The number of aromatic amines is 1. The van der Waals surface area contributed by atoms with Gasteiger partial charge >= 0.3 is 0 Å². The van der Waals surface area contributed by atoms with Crippen molar-refractivity contribution in [2.24, 2.45) is 0 Å². The highest BCUT2D eigenvalue weighted by Crippen LogP contribution is 2.19. The van der Waals surface area contributed by atoms with E-state index < -0.39 is 0 Å². The van der Waals surface area contributed by atoms with Crippen LogP contribution in [-0.2, 0) is 6.54 Å². The monoisotopic (exact) mass is 306 g/mol. The molecule has 3 heterocycles. The molecule has 1 aromatic carbocycles. The number of aromatic nitrogens is 6. The van der Waals surface area contributed by atoms with Gasteiger partial charge in [-0.25, -0.2) is 4.68 Å². The SMILES string of the molecule is Nc1nc(NCc2ccccc2)nc2nc(-n3cccn3)[nH]c12. The largest absolute Gasteiger partial charge is 0.382 e. The Morgan fingerprint density at radius 1 is 1.09 bits per heavy atom. The maximum Gasteiger partial charge on any atom is 0.230 e. The van der Waals surface area contributed by atoms with Gasteiger partial charge in [0.15, 0.2) is 11.5 Å². The fourth-order valence-electron chi connectivity index (χ4n) is 2.27. The molecule has 0 spiro atoms. The van der Waals surface area contributed by atoms with Crippen LogP contribution < -0.4 is 11.1 Å². The summed E-state index contributed by atoms with van der Waals surface area (Å²) in [6, 6.07) is 11.8. The van der Waals surface area contributed by atoms with E-state index in [4.69, 9.17) is 5.73 Å². The van der Waals surface area contributed by atoms with Crippen molar-refractivity contribution in [3.8, 4) is 5.95 Å². The van der Waals surface area contributed by atoms with E-state index in [1.165, 1.54) is 0 Å². The maximum atomic E-state index is 6.00. The standard InChI is InChI=1S/C15H14N8/c16-12-11-13(22-15(19-11)23-8-4-7-18-23)21-14(20-12)17-9-10-5-2-1-3-6-10/h1-8H,9H2,(H4,16,17,19,20,21,22). The summed E-state index contributed by atoms with van der Waals surface area (Å²) in [5.74, 6) is 1.33. The van der Waals surface area contributed by atoms with Crippen LogP contribution in [0.25, 0.3) is 17.1 Å². The van der Waals surface area contributed by atoms with Gasteiger partial charge in [-0.3, -0.25) is 0 Å². The second-order valence-electron chi connectivity index (χ2n) is 4.98. The van der Waals surface area contributed by atoms with Gasteiger partial charge in [0, 0.05) is 18.9 Å². The Kier molecular flexibility index (Phi) is 3.12. The van der Waals surface area contributed by atoms with Crippen molar-refractivity contribution in [1.29, 1.82) is 0 Å². The van der Waals surface area contributed by atoms with Gasteiger partial charge in [0.25, 0.3) is 0 Å². The number of H-pyrrole nitrogens is 1. The molecule has 0 saturated carbocycles. The van der Waals surface area contributed by atoms with Gasteiger partial charge in [-0.2, -0.15) is 20.1 Å². The van der Waals surface area contributed by atoms with E-state index in [9.17, 15) is 0 Å². The fraction of sp³-hybridized carbons (Fsp3) is 0.0667. The summed E-state index contributed by atoms with van der Waals surface area (Å²) in [6.45, 7) is 0.613. The number of nitrogens with zero attached hydrogens (tertiary/aromatic N) is 5. The Bertz CT molecular complexity index is 927. The van der Waals surface area contributed by atoms with Gasteiger partial charge in [-0.15, -0.1) is 0 Å². The summed E-state index contributed by atoms with van der Waals surface area (Å²) in [6.07, 6.45) is 3.46. The molecular weight excluding hydrogens is 292 g/mol. The second kappa shape index (κ2) is 5.41. The van der Waals surface area contributed by atoms with Gasteiger partial charge < -0.3 is 16.0 Å². The van der Waals surface area contributed by atoms with Gasteiger partial charge in [-0.05, 0) is 11.6 Å². The Morgan fingerprint density at radius 2 is 1.96 bits per heavy atom. The van der Waals surface area contributed by atoms with Crippen molar-refractivity contribution in [2.45, 2.75) is 6.54 Å². The number of hydrogen-bond donors (Lipinski definition) is 3. The number of nitrogens with one attached hydrogen (secondary N) is 2. The van der Waals surface area contributed by atoms with Crippen LogP contribution in [0.4, 0.5) is 11.8 Å². The van der Waals surface area contributed by atoms with Crippen LogP contribution in [0.1, 0.15) is 5.56 Å². The molecule has 4 aromatic rings. The van der Waals surface area contributed by atoms with E-state index in [0.717, 1.165) is 5.56 Å². The van der Waals surface area contributed by atoms with Crippen molar-refractivity contribution >= 4 is 22.9 Å². The van der Waals surface area contributed by atoms with E-state index in [1.807, 2.05) is 36.4 Å². The summed E-state index contributed by atoms with van der Waals surface area (Å²) < 4.78 is 1.61. The normalized spacial score (nSPS) is 11.0. The first-order valence-electron chi connectivity index (χ1n) is 7.10. The van der Waals surface area contributed by atoms with E-state index in [-0.39, 0.29) is 0 Å². The second-order valence-corrected chi connectivity index (χ2v) is 4.98. The molecule has 0 saturated heterocycles. The van der Waals surface area contributed by atoms with Crippen LogP contribution in [0.3, 0.4) is 0 Å². The van der Waals surface area contributed by atoms with E-state index >= 15 is 0 Å². The molecular formula is C15H14N8. The number of imidazole rings is 1. The summed E-state index contributed by atoms with van der Waals surface area (Å²) in [7, 11) is 0. The van der Waals surface area contributed by atoms with Gasteiger partial charge in [0.2, 0.25) is 11.9 Å². The zero-order chi connectivity index (χ0) is 15.6. The van der Waals surface area contributed by atoms with Crippen molar-refractivity contribution in [3.05, 3.63) is 54.4 Å². The topological polar surface area (TPSA) is 110 Å². The molecule has 23 heavy (non-hydrogen) atoms. The first-order chi connectivity index (χ1) is 11.3. The lowest BCUT2D eigenvalue weighted by atomic mass is 10.2. The molecule has 3 aromatic heterocycles. The number of rotatable bonds is 4. The molecule has 8 nitrogen and oxygen atoms in total. The Hall–Kier alpha value is -3.42. The molecule has 0 atom stereocenters. The van der Waals surface area contributed by atoms with E-state index in [0.29, 0.717) is 35.4 Å². The lowest BCUT2D eigenvalue weighted by Crippen LogP contribution is -2.05. The Labute approximate surface area is 131 Å². The number of anilines is 2. The zero-order valence-electron chi connectivity index (χ0n) is 12.1. The average Bonchev–Trinajstić information content (AvgIpc) is 3.23. The number of fused-ring (bicyclic) bond motifs is 1. The number of nitrogen functional groups attached to an aromatic ring is 1. The predicted molar refractivity (Wildman–Crippen MR) is 87.0 cm³/mol. The number of hydrogen-bond acceptors (Lipinski definition) is 6. The summed E-state index contributed by atoms with van der Waals surface area (Å²) in [5, 5.41) is 7.29. The van der Waals surface area contributed by atoms with Gasteiger partial charge in [0.1, 0.15) is 5.52 Å². The van der Waals surface area contributed by atoms with Crippen LogP contribution in [0.5, 0.6) is 0 Å². The first kappa shape index (κ1) is 13.3. The third-order valence-electron chi connectivity index (χ3n) is 3.38. The maximum absolute atomic E-state index is 6.00. The fourth-order valence-corrected chi connectivity index (χ4v) is 2.27. The third-order valence-corrected chi connectivity index (χ3v) is 3.38. The van der Waals surface area contributed by atoms with Crippen LogP contribution in [0, 0.1) is 0 Å². The summed E-state index contributed by atoms with van der Waals surface area (Å²) >= 11 is 0. The molecule has 0 aliphatic carbocycles. The first-order valence-corrected chi connectivity index (χ1v) is 7.10. The molecule has 4 N–H and O–H groups in total. The van der Waals surface area contributed by atoms with Crippen molar-refractivity contribution in [2.75, 3.05) is 11.1 Å². The number of nitrogens with two attached hydrogens (primary N) is 1. The molecule has 114 valence electrons. The lowest BCUT2D eigenvalue weighted by molar-refractivity contribution is 0.828. The van der Waals surface area contributed by atoms with Crippen LogP contribution in [-0.4, -0.2) is 29.7 Å². The van der Waals surface area contributed by atoms with Crippen molar-refractivity contribution in [1.82, 2.24) is 29.7 Å². The third kappa shape index (κ3) is 2.57. The minimum Gasteiger partial charge on any atom is -0.382 e. The molecule has 0 radical (unpaired) electrons. The average molecular weight is 306 g/mol. The Morgan fingerprint density at radius 3 is 2.74 bits per heavy atom. The van der Waals surface area contributed by atoms with Crippen LogP contribution in [0.2, 0.25) is 0 Å². The van der Waals surface area contributed by atoms with Gasteiger partial charge in [0.05, 0.1) is 0 Å². The highest BCUT2D eigenvalue weighted by atomic mass is 15.3. The van der Waals surface area contributed by atoms with Gasteiger partial charge in [-0.1, -0.05) is 30.3 Å². The predicted octanol–water partition coefficient (Wildman–Crippen LogP) is 1.73. The minimum atomic E-state index is 0.344. The zero-order valence-corrected chi connectivity index (χ0v) is 12.1. The molecule has 0 bridgehead atoms. The molecule has 0 unspecified atom stereocenters. The van der Waals surface area contributed by atoms with Crippen molar-refractivity contribution < 1.29 is 0 Å². The Balaban J connectivity index is 1.64. The van der Waals surface area contributed by atoms with Crippen molar-refractivity contribution in [3.63, 3.8) is 0 Å². The quantitative estimate of drug-likeness (QED) is 0.529. The minimum absolute atomic E-state index is 0.344. The smallest absolute Gasteiger partial charge is 0.230 e. The van der Waals surface area contributed by atoms with E-state index in [1.54, 1.807) is 17.1 Å². The molecule has 0 fully saturated rings. The molecule has 4 rings (SSSR count). The lowest BCUT2D eigenvalue weighted by Gasteiger charge is -2.05. The molecule has 0 aliphatic rings. The summed E-state index contributed by atoms with van der Waals surface area (Å²) in [5.41, 5.74) is 8.23. The molecule has 8 heteroatoms. The van der Waals surface area contributed by atoms with Crippen LogP contribution >= 0.6 is 0 Å². The summed E-state index contributed by atoms with van der Waals surface area (Å²) in [4.78, 5) is 16.1. The van der Waals surface area contributed by atoms with E-state index in [2.05, 4.69) is 30.4 Å². The number of benzene rings is 1. The van der Waals surface area contributed by atoms with Crippen LogP contribution in [0.15, 0.2) is 48.8 Å². The molecule has 0 amide bonds. The highest BCUT2D eigenvalue weighted by Gasteiger charge is 2.11.